The molecule has 0 aliphatic carbocycles. The van der Waals surface area contributed by atoms with E-state index >= 15 is 0 Å². The lowest BCUT2D eigenvalue weighted by atomic mass is 9.89. The summed E-state index contributed by atoms with van der Waals surface area (Å²) in [6, 6.07) is 3.73. The molecule has 10 heteroatoms. The summed E-state index contributed by atoms with van der Waals surface area (Å²) in [6.07, 6.45) is -0.737. The third kappa shape index (κ3) is 2.83. The Morgan fingerprint density at radius 2 is 1.87 bits per heavy atom. The maximum Gasteiger partial charge on any atom is 0.351 e. The molecule has 1 fully saturated rings. The predicted octanol–water partition coefficient (Wildman–Crippen LogP) is 1.86. The van der Waals surface area contributed by atoms with Gasteiger partial charge in [0.25, 0.3) is 0 Å². The van der Waals surface area contributed by atoms with Gasteiger partial charge in [0, 0.05) is 6.42 Å². The zero-order valence-corrected chi connectivity index (χ0v) is 17.7. The number of fused-ring (bicyclic) bond motifs is 3. The van der Waals surface area contributed by atoms with E-state index in [1.54, 1.807) is 0 Å². The molecule has 0 saturated carbocycles. The smallest absolute Gasteiger partial charge is 0.351 e. The standard InChI is InChI=1S/C21H25N4O6/c1-20(2)10-5-12-14(6-11(10)21(3,4)25(20)29)30-15-8-24(19(28)23-18(15)22-12)17-7-13(27)16(9-26)31-17/h5-6,8,13,16-17,26-27H,7,9H2,1-4H3,(H,22,23,28)/t13-,16-,17-/m1/s1. The van der Waals surface area contributed by atoms with Crippen LogP contribution in [0, 0.1) is 0 Å². The Bertz CT molecular complexity index is 1130. The number of nitrogens with zero attached hydrogens (tertiary/aromatic N) is 3. The first-order chi connectivity index (χ1) is 14.5. The van der Waals surface area contributed by atoms with Gasteiger partial charge in [-0.15, -0.1) is 10.3 Å². The predicted molar refractivity (Wildman–Crippen MR) is 108 cm³/mol. The van der Waals surface area contributed by atoms with Crippen LogP contribution in [-0.4, -0.2) is 43.6 Å². The van der Waals surface area contributed by atoms with E-state index in [0.717, 1.165) is 16.2 Å². The molecular weight excluding hydrogens is 404 g/mol. The van der Waals surface area contributed by atoms with Crippen molar-refractivity contribution >= 4 is 11.5 Å². The van der Waals surface area contributed by atoms with E-state index in [4.69, 9.17) is 9.47 Å². The summed E-state index contributed by atoms with van der Waals surface area (Å²) in [7, 11) is 0. The number of aliphatic hydroxyl groups excluding tert-OH is 2. The molecule has 2 aromatic rings. The van der Waals surface area contributed by atoms with Gasteiger partial charge in [-0.3, -0.25) is 4.57 Å². The fraction of sp³-hybridized carbons (Fsp3) is 0.524. The number of hydrogen-bond donors (Lipinski definition) is 3. The summed E-state index contributed by atoms with van der Waals surface area (Å²) >= 11 is 0. The maximum atomic E-state index is 12.9. The van der Waals surface area contributed by atoms with Crippen molar-refractivity contribution in [3.63, 3.8) is 0 Å². The fourth-order valence-corrected chi connectivity index (χ4v) is 4.81. The zero-order chi connectivity index (χ0) is 22.3. The van der Waals surface area contributed by atoms with Crippen molar-refractivity contribution in [2.45, 2.75) is 63.6 Å². The topological polar surface area (TPSA) is 129 Å². The largest absolute Gasteiger partial charge is 0.450 e. The van der Waals surface area contributed by atoms with Gasteiger partial charge in [-0.05, 0) is 51.0 Å². The molecule has 0 amide bonds. The number of hydrogen-bond acceptors (Lipinski definition) is 8. The van der Waals surface area contributed by atoms with Crippen LogP contribution in [0.25, 0.3) is 0 Å². The number of rotatable bonds is 2. The molecule has 0 spiro atoms. The molecule has 10 nitrogen and oxygen atoms in total. The van der Waals surface area contributed by atoms with Crippen LogP contribution in [0.4, 0.5) is 11.5 Å². The SMILES string of the molecule is CC1(C)c2cc3c(cc2C(C)(C)N1[O])Oc1cn([C@H]2C[C@@H](O)[C@@H](CO)O2)c(=O)nc1N3. The Morgan fingerprint density at radius 1 is 1.19 bits per heavy atom. The van der Waals surface area contributed by atoms with Gasteiger partial charge in [0.15, 0.2) is 17.3 Å². The lowest BCUT2D eigenvalue weighted by Crippen LogP contribution is -2.41. The van der Waals surface area contributed by atoms with E-state index in [2.05, 4.69) is 10.3 Å². The Hall–Kier alpha value is -2.50. The minimum atomic E-state index is -0.874. The van der Waals surface area contributed by atoms with E-state index in [1.165, 1.54) is 10.8 Å². The lowest BCUT2D eigenvalue weighted by molar-refractivity contribution is -0.266. The van der Waals surface area contributed by atoms with Crippen molar-refractivity contribution in [2.24, 2.45) is 0 Å². The number of nitrogens with one attached hydrogen (secondary N) is 1. The first-order valence-electron chi connectivity index (χ1n) is 10.2. The summed E-state index contributed by atoms with van der Waals surface area (Å²) in [5.41, 5.74) is 0.400. The Kier molecular flexibility index (Phi) is 4.28. The Balaban J connectivity index is 1.53. The van der Waals surface area contributed by atoms with Crippen LogP contribution < -0.4 is 15.7 Å². The average molecular weight is 429 g/mol. The average Bonchev–Trinajstić information content (AvgIpc) is 3.15. The Morgan fingerprint density at radius 3 is 2.52 bits per heavy atom. The highest BCUT2D eigenvalue weighted by molar-refractivity contribution is 5.75. The molecule has 1 radical (unpaired) electrons. The molecule has 165 valence electrons. The van der Waals surface area contributed by atoms with E-state index in [0.29, 0.717) is 17.2 Å². The van der Waals surface area contributed by atoms with Gasteiger partial charge in [-0.1, -0.05) is 0 Å². The van der Waals surface area contributed by atoms with Gasteiger partial charge < -0.3 is 25.0 Å². The van der Waals surface area contributed by atoms with Crippen LogP contribution in [0.3, 0.4) is 0 Å². The monoisotopic (exact) mass is 429 g/mol. The van der Waals surface area contributed by atoms with E-state index in [-0.39, 0.29) is 18.8 Å². The molecule has 3 aliphatic rings. The highest BCUT2D eigenvalue weighted by Crippen LogP contribution is 2.53. The zero-order valence-electron chi connectivity index (χ0n) is 17.7. The van der Waals surface area contributed by atoms with Gasteiger partial charge in [-0.2, -0.15) is 4.98 Å². The van der Waals surface area contributed by atoms with Gasteiger partial charge in [0.2, 0.25) is 0 Å². The van der Waals surface area contributed by atoms with Gasteiger partial charge in [0.05, 0.1) is 35.7 Å². The van der Waals surface area contributed by atoms with Gasteiger partial charge in [0.1, 0.15) is 12.3 Å². The van der Waals surface area contributed by atoms with E-state index in [9.17, 15) is 20.2 Å². The number of anilines is 2. The maximum absolute atomic E-state index is 12.9. The quantitative estimate of drug-likeness (QED) is 0.563. The number of ether oxygens (including phenoxy) is 2. The first-order valence-corrected chi connectivity index (χ1v) is 10.2. The van der Waals surface area contributed by atoms with Crippen LogP contribution in [-0.2, 0) is 21.0 Å². The molecule has 3 atom stereocenters. The second-order valence-corrected chi connectivity index (χ2v) is 9.29. The van der Waals surface area contributed by atoms with Crippen LogP contribution in [0.2, 0.25) is 0 Å². The highest BCUT2D eigenvalue weighted by atomic mass is 16.5. The summed E-state index contributed by atoms with van der Waals surface area (Å²) in [4.78, 5) is 16.7. The molecular formula is C21H25N4O6. The van der Waals surface area contributed by atoms with Gasteiger partial charge in [-0.25, -0.2) is 4.79 Å². The summed E-state index contributed by atoms with van der Waals surface area (Å²) < 4.78 is 12.9. The molecule has 5 rings (SSSR count). The molecule has 1 aromatic heterocycles. The molecule has 0 unspecified atom stereocenters. The molecule has 1 saturated heterocycles. The van der Waals surface area contributed by atoms with E-state index < -0.39 is 35.2 Å². The minimum Gasteiger partial charge on any atom is -0.450 e. The molecule has 31 heavy (non-hydrogen) atoms. The molecule has 0 bridgehead atoms. The molecule has 1 aromatic carbocycles. The number of hydroxylamine groups is 2. The van der Waals surface area contributed by atoms with Crippen LogP contribution >= 0.6 is 0 Å². The van der Waals surface area contributed by atoms with Crippen molar-refractivity contribution in [3.05, 3.63) is 39.9 Å². The first kappa shape index (κ1) is 20.4. The van der Waals surface area contributed by atoms with Gasteiger partial charge >= 0.3 is 5.69 Å². The third-order valence-electron chi connectivity index (χ3n) is 6.54. The third-order valence-corrected chi connectivity index (χ3v) is 6.54. The summed E-state index contributed by atoms with van der Waals surface area (Å²) in [5.74, 6) is 1.12. The number of aliphatic hydroxyl groups is 2. The minimum absolute atomic E-state index is 0.158. The fourth-order valence-electron chi connectivity index (χ4n) is 4.81. The Labute approximate surface area is 178 Å². The van der Waals surface area contributed by atoms with Crippen molar-refractivity contribution in [3.8, 4) is 11.5 Å². The number of aromatic nitrogens is 2. The van der Waals surface area contributed by atoms with Crippen LogP contribution in [0.1, 0.15) is 51.5 Å². The molecule has 3 N–H and O–H groups in total. The van der Waals surface area contributed by atoms with Crippen molar-refractivity contribution in [1.29, 1.82) is 0 Å². The highest BCUT2D eigenvalue weighted by Gasteiger charge is 2.51. The van der Waals surface area contributed by atoms with Crippen LogP contribution in [0.5, 0.6) is 11.5 Å². The van der Waals surface area contributed by atoms with Crippen LogP contribution in [0.15, 0.2) is 23.1 Å². The van der Waals surface area contributed by atoms with Crippen molar-refractivity contribution < 1.29 is 24.9 Å². The summed E-state index contributed by atoms with van der Waals surface area (Å²) in [5, 5.41) is 36.4. The molecule has 3 aliphatic heterocycles. The second kappa shape index (κ2) is 6.50. The molecule has 4 heterocycles. The second-order valence-electron chi connectivity index (χ2n) is 9.29. The summed E-state index contributed by atoms with van der Waals surface area (Å²) in [6.45, 7) is 7.17. The van der Waals surface area contributed by atoms with E-state index in [1.807, 2.05) is 39.8 Å². The normalized spacial score (nSPS) is 27.8. The van der Waals surface area contributed by atoms with Crippen molar-refractivity contribution in [1.82, 2.24) is 14.6 Å². The lowest BCUT2D eigenvalue weighted by Gasteiger charge is -2.32. The van der Waals surface area contributed by atoms with Crippen molar-refractivity contribution in [2.75, 3.05) is 11.9 Å². The number of benzene rings is 1.